The fraction of sp³-hybridized carbons (Fsp3) is 0.800. The zero-order chi connectivity index (χ0) is 13.5. The van der Waals surface area contributed by atoms with E-state index in [2.05, 4.69) is 5.32 Å². The molecule has 5 nitrogen and oxygen atoms in total. The molecule has 0 aromatic carbocycles. The summed E-state index contributed by atoms with van der Waals surface area (Å²) in [4.78, 5) is 22.1. The summed E-state index contributed by atoms with van der Waals surface area (Å²) in [5.41, 5.74) is -0.681. The van der Waals surface area contributed by atoms with Crippen LogP contribution in [0.4, 0.5) is 9.18 Å². The van der Waals surface area contributed by atoms with Gasteiger partial charge in [-0.05, 0) is 20.8 Å². The summed E-state index contributed by atoms with van der Waals surface area (Å²) in [7, 11) is 0. The van der Waals surface area contributed by atoms with Crippen LogP contribution in [0, 0.1) is 0 Å². The van der Waals surface area contributed by atoms with E-state index in [0.29, 0.717) is 0 Å². The van der Waals surface area contributed by atoms with Crippen molar-refractivity contribution in [2.24, 2.45) is 0 Å². The molecule has 0 bridgehead atoms. The Labute approximate surface area is 104 Å². The molecule has 0 fully saturated rings. The molecule has 0 aromatic rings. The van der Waals surface area contributed by atoms with Gasteiger partial charge >= 0.3 is 12.1 Å². The molecular formula is C10H18FNO4S. The van der Waals surface area contributed by atoms with Crippen molar-refractivity contribution in [3.05, 3.63) is 0 Å². The van der Waals surface area contributed by atoms with Crippen molar-refractivity contribution in [2.45, 2.75) is 32.4 Å². The van der Waals surface area contributed by atoms with Gasteiger partial charge in [0.1, 0.15) is 11.6 Å². The van der Waals surface area contributed by atoms with Gasteiger partial charge < -0.3 is 15.2 Å². The van der Waals surface area contributed by atoms with Crippen LogP contribution < -0.4 is 5.32 Å². The fourth-order valence-corrected chi connectivity index (χ4v) is 1.62. The highest BCUT2D eigenvalue weighted by molar-refractivity contribution is 7.99. The number of nitrogens with one attached hydrogen (secondary N) is 1. The number of alkyl halides is 1. The normalized spacial score (nSPS) is 12.9. The van der Waals surface area contributed by atoms with Crippen molar-refractivity contribution >= 4 is 23.8 Å². The number of halogens is 1. The van der Waals surface area contributed by atoms with Crippen LogP contribution in [0.3, 0.4) is 0 Å². The highest BCUT2D eigenvalue weighted by Gasteiger charge is 2.23. The molecule has 0 aliphatic rings. The number of rotatable bonds is 6. The van der Waals surface area contributed by atoms with Crippen LogP contribution in [-0.2, 0) is 9.53 Å². The number of alkyl carbamates (subject to hydrolysis) is 1. The number of carboxylic acid groups (broad SMARTS) is 1. The van der Waals surface area contributed by atoms with Crippen molar-refractivity contribution in [1.82, 2.24) is 5.32 Å². The minimum atomic E-state index is -1.16. The zero-order valence-electron chi connectivity index (χ0n) is 10.2. The number of amides is 1. The summed E-state index contributed by atoms with van der Waals surface area (Å²) in [6, 6.07) is -1.07. The number of carboxylic acids is 1. The summed E-state index contributed by atoms with van der Waals surface area (Å²) in [5.74, 6) is -0.847. The molecule has 0 aromatic heterocycles. The summed E-state index contributed by atoms with van der Waals surface area (Å²) in [5, 5.41) is 11.1. The van der Waals surface area contributed by atoms with Crippen LogP contribution in [0.2, 0.25) is 0 Å². The monoisotopic (exact) mass is 267 g/mol. The standard InChI is InChI=1S/C10H18FNO4S/c1-10(2,3)16-9(15)12-7(8(13)14)6-17-5-4-11/h7H,4-6H2,1-3H3,(H,12,15)(H,13,14). The molecule has 1 atom stereocenters. The quantitative estimate of drug-likeness (QED) is 0.716. The van der Waals surface area contributed by atoms with Gasteiger partial charge in [-0.3, -0.25) is 4.39 Å². The molecular weight excluding hydrogens is 249 g/mol. The van der Waals surface area contributed by atoms with Crippen molar-refractivity contribution in [3.63, 3.8) is 0 Å². The van der Waals surface area contributed by atoms with Crippen molar-refractivity contribution in [2.75, 3.05) is 18.2 Å². The highest BCUT2D eigenvalue weighted by Crippen LogP contribution is 2.08. The first-order valence-corrected chi connectivity index (χ1v) is 6.28. The van der Waals surface area contributed by atoms with Crippen LogP contribution in [0.1, 0.15) is 20.8 Å². The zero-order valence-corrected chi connectivity index (χ0v) is 11.0. The summed E-state index contributed by atoms with van der Waals surface area (Å²) in [6.45, 7) is 4.52. The Balaban J connectivity index is 4.16. The number of hydrogen-bond donors (Lipinski definition) is 2. The number of thioether (sulfide) groups is 1. The molecule has 0 saturated heterocycles. The summed E-state index contributed by atoms with van der Waals surface area (Å²) >= 11 is 1.12. The molecule has 1 unspecified atom stereocenters. The third kappa shape index (κ3) is 8.79. The van der Waals surface area contributed by atoms with Gasteiger partial charge in [0, 0.05) is 11.5 Å². The van der Waals surface area contributed by atoms with Gasteiger partial charge in [0.25, 0.3) is 0 Å². The molecule has 1 amide bonds. The molecule has 0 radical (unpaired) electrons. The molecule has 7 heteroatoms. The molecule has 0 rings (SSSR count). The smallest absolute Gasteiger partial charge is 0.408 e. The largest absolute Gasteiger partial charge is 0.480 e. The minimum Gasteiger partial charge on any atom is -0.480 e. The van der Waals surface area contributed by atoms with Crippen LogP contribution in [-0.4, -0.2) is 47.0 Å². The Morgan fingerprint density at radius 3 is 2.47 bits per heavy atom. The molecule has 100 valence electrons. The lowest BCUT2D eigenvalue weighted by atomic mass is 10.2. The van der Waals surface area contributed by atoms with Crippen LogP contribution in [0.15, 0.2) is 0 Å². The van der Waals surface area contributed by atoms with Gasteiger partial charge in [0.15, 0.2) is 0 Å². The van der Waals surface area contributed by atoms with Gasteiger partial charge in [-0.2, -0.15) is 11.8 Å². The van der Waals surface area contributed by atoms with Gasteiger partial charge in [-0.1, -0.05) is 0 Å². The van der Waals surface area contributed by atoms with E-state index < -0.39 is 30.4 Å². The molecule has 0 aliphatic heterocycles. The lowest BCUT2D eigenvalue weighted by Crippen LogP contribution is -2.45. The average Bonchev–Trinajstić information content (AvgIpc) is 2.13. The third-order valence-corrected chi connectivity index (χ3v) is 2.51. The minimum absolute atomic E-state index is 0.110. The lowest BCUT2D eigenvalue weighted by Gasteiger charge is -2.21. The predicted octanol–water partition coefficient (Wildman–Crippen LogP) is 1.67. The second-order valence-corrected chi connectivity index (χ2v) is 5.45. The number of carbonyl (C=O) groups excluding carboxylic acids is 1. The maximum absolute atomic E-state index is 11.8. The molecule has 0 heterocycles. The summed E-state index contributed by atoms with van der Waals surface area (Å²) in [6.07, 6.45) is -0.786. The van der Waals surface area contributed by atoms with Gasteiger partial charge in [0.05, 0.1) is 6.67 Å². The Morgan fingerprint density at radius 2 is 2.06 bits per heavy atom. The van der Waals surface area contributed by atoms with Crippen LogP contribution in [0.25, 0.3) is 0 Å². The first-order valence-electron chi connectivity index (χ1n) is 5.12. The second-order valence-electron chi connectivity index (χ2n) is 4.30. The second kappa shape index (κ2) is 7.37. The highest BCUT2D eigenvalue weighted by atomic mass is 32.2. The predicted molar refractivity (Wildman–Crippen MR) is 64.1 cm³/mol. The van der Waals surface area contributed by atoms with Crippen LogP contribution >= 0.6 is 11.8 Å². The number of carbonyl (C=O) groups is 2. The van der Waals surface area contributed by atoms with E-state index in [4.69, 9.17) is 9.84 Å². The Bertz CT molecular complexity index is 268. The average molecular weight is 267 g/mol. The van der Waals surface area contributed by atoms with E-state index in [9.17, 15) is 14.0 Å². The number of ether oxygens (including phenoxy) is 1. The van der Waals surface area contributed by atoms with Gasteiger partial charge in [-0.25, -0.2) is 9.59 Å². The van der Waals surface area contributed by atoms with Crippen LogP contribution in [0.5, 0.6) is 0 Å². The van der Waals surface area contributed by atoms with E-state index in [-0.39, 0.29) is 11.5 Å². The maximum Gasteiger partial charge on any atom is 0.408 e. The Hall–Kier alpha value is -0.980. The molecule has 0 aliphatic carbocycles. The summed E-state index contributed by atoms with van der Waals surface area (Å²) < 4.78 is 16.8. The van der Waals surface area contributed by atoms with E-state index in [1.54, 1.807) is 20.8 Å². The van der Waals surface area contributed by atoms with Gasteiger partial charge in [-0.15, -0.1) is 0 Å². The van der Waals surface area contributed by atoms with Crippen molar-refractivity contribution < 1.29 is 23.8 Å². The van der Waals surface area contributed by atoms with Gasteiger partial charge in [0.2, 0.25) is 0 Å². The fourth-order valence-electron chi connectivity index (χ4n) is 0.880. The van der Waals surface area contributed by atoms with E-state index in [1.165, 1.54) is 0 Å². The SMILES string of the molecule is CC(C)(C)OC(=O)NC(CSCCF)C(=O)O. The van der Waals surface area contributed by atoms with Crippen molar-refractivity contribution in [1.29, 1.82) is 0 Å². The molecule has 0 spiro atoms. The van der Waals surface area contributed by atoms with Crippen molar-refractivity contribution in [3.8, 4) is 0 Å². The first kappa shape index (κ1) is 16.0. The lowest BCUT2D eigenvalue weighted by molar-refractivity contribution is -0.138. The topological polar surface area (TPSA) is 75.6 Å². The maximum atomic E-state index is 11.8. The Kier molecular flexibility index (Phi) is 6.94. The van der Waals surface area contributed by atoms with E-state index >= 15 is 0 Å². The number of aliphatic carboxylic acids is 1. The van der Waals surface area contributed by atoms with E-state index in [0.717, 1.165) is 11.8 Å². The molecule has 0 saturated carbocycles. The number of hydrogen-bond acceptors (Lipinski definition) is 4. The Morgan fingerprint density at radius 1 is 1.47 bits per heavy atom. The third-order valence-electron chi connectivity index (χ3n) is 1.50. The van der Waals surface area contributed by atoms with E-state index in [1.807, 2.05) is 0 Å². The molecule has 17 heavy (non-hydrogen) atoms. The molecule has 2 N–H and O–H groups in total. The first-order chi connectivity index (χ1) is 7.76.